The molecule has 0 aliphatic heterocycles. The van der Waals surface area contributed by atoms with Crippen molar-refractivity contribution in [3.05, 3.63) is 35.7 Å². The maximum atomic E-state index is 12.3. The van der Waals surface area contributed by atoms with Crippen molar-refractivity contribution in [2.45, 2.75) is 38.6 Å². The van der Waals surface area contributed by atoms with Crippen LogP contribution in [0.15, 0.2) is 24.4 Å². The summed E-state index contributed by atoms with van der Waals surface area (Å²) in [6, 6.07) is 3.55. The molecule has 1 heterocycles. The Hall–Kier alpha value is -2.17. The molecule has 5 nitrogen and oxygen atoms in total. The van der Waals surface area contributed by atoms with E-state index in [0.29, 0.717) is 11.5 Å². The Kier molecular flexibility index (Phi) is 5.09. The lowest BCUT2D eigenvalue weighted by Crippen LogP contribution is -2.38. The Bertz CT molecular complexity index is 554. The Labute approximate surface area is 124 Å². The van der Waals surface area contributed by atoms with E-state index < -0.39 is 5.97 Å². The summed E-state index contributed by atoms with van der Waals surface area (Å²) in [5.74, 6) is -0.662. The summed E-state index contributed by atoms with van der Waals surface area (Å²) in [5, 5.41) is 11.7. The molecule has 5 heteroatoms. The molecule has 1 aliphatic carbocycles. The number of carbonyl (C=O) groups excluding carboxylic acids is 1. The maximum Gasteiger partial charge on any atom is 0.328 e. The minimum atomic E-state index is -1.05. The molecule has 0 radical (unpaired) electrons. The van der Waals surface area contributed by atoms with Crippen LogP contribution in [-0.2, 0) is 4.79 Å². The Morgan fingerprint density at radius 3 is 2.95 bits per heavy atom. The van der Waals surface area contributed by atoms with E-state index in [1.807, 2.05) is 0 Å². The second-order valence-electron chi connectivity index (χ2n) is 5.55. The van der Waals surface area contributed by atoms with Crippen LogP contribution in [0.3, 0.4) is 0 Å². The first-order chi connectivity index (χ1) is 10.1. The van der Waals surface area contributed by atoms with Crippen molar-refractivity contribution in [3.8, 4) is 0 Å². The average molecular weight is 288 g/mol. The van der Waals surface area contributed by atoms with Crippen molar-refractivity contribution in [2.75, 3.05) is 0 Å². The van der Waals surface area contributed by atoms with Gasteiger partial charge in [0.15, 0.2) is 0 Å². The number of pyridine rings is 1. The number of hydrogen-bond donors (Lipinski definition) is 2. The van der Waals surface area contributed by atoms with E-state index in [9.17, 15) is 9.59 Å². The largest absolute Gasteiger partial charge is 0.478 e. The van der Waals surface area contributed by atoms with Gasteiger partial charge in [0.05, 0.1) is 0 Å². The predicted octanol–water partition coefficient (Wildman–Crippen LogP) is 2.49. The zero-order valence-corrected chi connectivity index (χ0v) is 12.1. The molecule has 21 heavy (non-hydrogen) atoms. The van der Waals surface area contributed by atoms with Gasteiger partial charge in [0.25, 0.3) is 5.91 Å². The van der Waals surface area contributed by atoms with Crippen molar-refractivity contribution < 1.29 is 14.7 Å². The molecule has 2 unspecified atom stereocenters. The van der Waals surface area contributed by atoms with Crippen LogP contribution in [-0.4, -0.2) is 28.0 Å². The first-order valence-corrected chi connectivity index (χ1v) is 7.23. The van der Waals surface area contributed by atoms with Crippen LogP contribution < -0.4 is 5.32 Å². The van der Waals surface area contributed by atoms with Gasteiger partial charge in [0, 0.05) is 23.9 Å². The minimum Gasteiger partial charge on any atom is -0.478 e. The van der Waals surface area contributed by atoms with Crippen molar-refractivity contribution >= 4 is 18.0 Å². The van der Waals surface area contributed by atoms with Crippen molar-refractivity contribution in [1.82, 2.24) is 10.3 Å². The number of nitrogens with one attached hydrogen (secondary N) is 1. The molecule has 0 spiro atoms. The zero-order chi connectivity index (χ0) is 15.2. The SMILES string of the molecule is CC1CCCC(NC(=O)c2ncccc2/C=C/C(=O)O)C1. The Morgan fingerprint density at radius 2 is 2.24 bits per heavy atom. The van der Waals surface area contributed by atoms with Gasteiger partial charge in [-0.25, -0.2) is 4.79 Å². The van der Waals surface area contributed by atoms with Gasteiger partial charge < -0.3 is 10.4 Å². The van der Waals surface area contributed by atoms with E-state index >= 15 is 0 Å². The summed E-state index contributed by atoms with van der Waals surface area (Å²) in [5.41, 5.74) is 0.787. The normalized spacial score (nSPS) is 22.1. The fourth-order valence-corrected chi connectivity index (χ4v) is 2.72. The summed E-state index contributed by atoms with van der Waals surface area (Å²) >= 11 is 0. The highest BCUT2D eigenvalue weighted by molar-refractivity contribution is 5.97. The van der Waals surface area contributed by atoms with Gasteiger partial charge in [-0.1, -0.05) is 25.8 Å². The van der Waals surface area contributed by atoms with Gasteiger partial charge >= 0.3 is 5.97 Å². The molecule has 0 aromatic carbocycles. The molecule has 1 saturated carbocycles. The highest BCUT2D eigenvalue weighted by atomic mass is 16.4. The third-order valence-corrected chi connectivity index (χ3v) is 3.73. The van der Waals surface area contributed by atoms with Crippen LogP contribution >= 0.6 is 0 Å². The van der Waals surface area contributed by atoms with E-state index in [2.05, 4.69) is 17.2 Å². The highest BCUT2D eigenvalue weighted by Gasteiger charge is 2.22. The second kappa shape index (κ2) is 7.02. The van der Waals surface area contributed by atoms with E-state index in [1.165, 1.54) is 18.7 Å². The van der Waals surface area contributed by atoms with Crippen LogP contribution in [0.1, 0.15) is 48.7 Å². The average Bonchev–Trinajstić information content (AvgIpc) is 2.45. The molecule has 2 N–H and O–H groups in total. The van der Waals surface area contributed by atoms with E-state index in [1.54, 1.807) is 12.1 Å². The first-order valence-electron chi connectivity index (χ1n) is 7.23. The van der Waals surface area contributed by atoms with Crippen molar-refractivity contribution in [3.63, 3.8) is 0 Å². The molecule has 2 atom stereocenters. The van der Waals surface area contributed by atoms with Crippen molar-refractivity contribution in [2.24, 2.45) is 5.92 Å². The van der Waals surface area contributed by atoms with Gasteiger partial charge in [-0.2, -0.15) is 0 Å². The monoisotopic (exact) mass is 288 g/mol. The molecule has 1 fully saturated rings. The summed E-state index contributed by atoms with van der Waals surface area (Å²) in [6.07, 6.45) is 8.26. The number of amides is 1. The van der Waals surface area contributed by atoms with Gasteiger partial charge in [-0.15, -0.1) is 0 Å². The fraction of sp³-hybridized carbons (Fsp3) is 0.438. The maximum absolute atomic E-state index is 12.3. The predicted molar refractivity (Wildman–Crippen MR) is 79.8 cm³/mol. The molecule has 1 amide bonds. The zero-order valence-electron chi connectivity index (χ0n) is 12.1. The molecular formula is C16H20N2O3. The van der Waals surface area contributed by atoms with Crippen LogP contribution in [0.4, 0.5) is 0 Å². The number of carbonyl (C=O) groups is 2. The second-order valence-corrected chi connectivity index (χ2v) is 5.55. The number of nitrogens with zero attached hydrogens (tertiary/aromatic N) is 1. The number of aromatic nitrogens is 1. The third kappa shape index (κ3) is 4.41. The minimum absolute atomic E-state index is 0.180. The lowest BCUT2D eigenvalue weighted by atomic mass is 9.87. The quantitative estimate of drug-likeness (QED) is 0.834. The number of hydrogen-bond acceptors (Lipinski definition) is 3. The van der Waals surface area contributed by atoms with Crippen LogP contribution in [0.5, 0.6) is 0 Å². The summed E-state index contributed by atoms with van der Waals surface area (Å²) in [4.78, 5) is 27.0. The first kappa shape index (κ1) is 15.2. The smallest absolute Gasteiger partial charge is 0.328 e. The van der Waals surface area contributed by atoms with E-state index in [0.717, 1.165) is 25.3 Å². The summed E-state index contributed by atoms with van der Waals surface area (Å²) in [7, 11) is 0. The third-order valence-electron chi connectivity index (χ3n) is 3.73. The standard InChI is InChI=1S/C16H20N2O3/c1-11-4-2-6-13(10-11)18-16(21)15-12(5-3-9-17-15)7-8-14(19)20/h3,5,7-9,11,13H,2,4,6,10H2,1H3,(H,18,21)(H,19,20)/b8-7+. The van der Waals surface area contributed by atoms with Crippen LogP contribution in [0.2, 0.25) is 0 Å². The summed E-state index contributed by atoms with van der Waals surface area (Å²) < 4.78 is 0. The van der Waals surface area contributed by atoms with Gasteiger partial charge in [0.1, 0.15) is 5.69 Å². The fourth-order valence-electron chi connectivity index (χ4n) is 2.72. The molecule has 2 rings (SSSR count). The summed E-state index contributed by atoms with van der Waals surface area (Å²) in [6.45, 7) is 2.19. The number of carboxylic acid groups (broad SMARTS) is 1. The van der Waals surface area contributed by atoms with Crippen molar-refractivity contribution in [1.29, 1.82) is 0 Å². The molecule has 112 valence electrons. The van der Waals surface area contributed by atoms with E-state index in [4.69, 9.17) is 5.11 Å². The molecule has 1 aliphatic rings. The van der Waals surface area contributed by atoms with Crippen LogP contribution in [0, 0.1) is 5.92 Å². The Morgan fingerprint density at radius 1 is 1.43 bits per heavy atom. The topological polar surface area (TPSA) is 79.3 Å². The lowest BCUT2D eigenvalue weighted by molar-refractivity contribution is -0.131. The number of aliphatic carboxylic acids is 1. The lowest BCUT2D eigenvalue weighted by Gasteiger charge is -2.27. The number of rotatable bonds is 4. The molecular weight excluding hydrogens is 268 g/mol. The van der Waals surface area contributed by atoms with Gasteiger partial charge in [0.2, 0.25) is 0 Å². The molecule has 0 bridgehead atoms. The molecule has 1 aromatic heterocycles. The molecule has 1 aromatic rings. The van der Waals surface area contributed by atoms with Gasteiger partial charge in [-0.05, 0) is 30.9 Å². The van der Waals surface area contributed by atoms with Crippen LogP contribution in [0.25, 0.3) is 6.08 Å². The van der Waals surface area contributed by atoms with E-state index in [-0.39, 0.29) is 17.6 Å². The highest BCUT2D eigenvalue weighted by Crippen LogP contribution is 2.23. The Balaban J connectivity index is 2.10. The molecule has 0 saturated heterocycles. The van der Waals surface area contributed by atoms with Gasteiger partial charge in [-0.3, -0.25) is 9.78 Å². The number of carboxylic acids is 1.